The molecule has 0 saturated carbocycles. The number of nitro benzene ring substituents is 1. The fourth-order valence-corrected chi connectivity index (χ4v) is 2.03. The molecule has 0 aliphatic heterocycles. The van der Waals surface area contributed by atoms with Gasteiger partial charge in [0.05, 0.1) is 11.5 Å². The Kier molecular flexibility index (Phi) is 4.71. The van der Waals surface area contributed by atoms with Crippen LogP contribution in [0.5, 0.6) is 0 Å². The van der Waals surface area contributed by atoms with Gasteiger partial charge in [-0.1, -0.05) is 23.7 Å². The molecule has 2 aromatic rings. The van der Waals surface area contributed by atoms with Crippen LogP contribution in [-0.4, -0.2) is 32.9 Å². The highest BCUT2D eigenvalue weighted by Crippen LogP contribution is 2.25. The molecule has 2 rings (SSSR count). The summed E-state index contributed by atoms with van der Waals surface area (Å²) in [5.74, 6) is 0.531. The van der Waals surface area contributed by atoms with Gasteiger partial charge in [0.25, 0.3) is 11.6 Å². The second-order valence-electron chi connectivity index (χ2n) is 4.54. The number of hydrogen-bond donors (Lipinski definition) is 0. The van der Waals surface area contributed by atoms with Crippen molar-refractivity contribution in [1.29, 1.82) is 0 Å². The molecule has 0 fully saturated rings. The number of aryl methyl sites for hydroxylation is 1. The SMILES string of the molecule is CCc1noc(CN(C)C(=O)c2ccc([N+](=O)[O-])c(Cl)c2)n1. The second-order valence-corrected chi connectivity index (χ2v) is 4.95. The first kappa shape index (κ1) is 15.9. The summed E-state index contributed by atoms with van der Waals surface area (Å²) < 4.78 is 5.02. The molecule has 0 unspecified atom stereocenters. The second kappa shape index (κ2) is 6.52. The molecular formula is C13H13ClN4O4. The van der Waals surface area contributed by atoms with Gasteiger partial charge >= 0.3 is 0 Å². The van der Waals surface area contributed by atoms with E-state index in [0.717, 1.165) is 0 Å². The maximum atomic E-state index is 12.3. The van der Waals surface area contributed by atoms with Crippen molar-refractivity contribution in [2.75, 3.05) is 7.05 Å². The van der Waals surface area contributed by atoms with E-state index >= 15 is 0 Å². The molecule has 1 heterocycles. The van der Waals surface area contributed by atoms with Gasteiger partial charge in [0.15, 0.2) is 5.82 Å². The van der Waals surface area contributed by atoms with Crippen molar-refractivity contribution in [3.8, 4) is 0 Å². The quantitative estimate of drug-likeness (QED) is 0.618. The van der Waals surface area contributed by atoms with Crippen molar-refractivity contribution >= 4 is 23.2 Å². The van der Waals surface area contributed by atoms with E-state index in [0.29, 0.717) is 18.1 Å². The van der Waals surface area contributed by atoms with Crippen molar-refractivity contribution in [1.82, 2.24) is 15.0 Å². The molecule has 1 amide bonds. The molecule has 0 spiro atoms. The molecule has 1 aromatic heterocycles. The van der Waals surface area contributed by atoms with E-state index in [-0.39, 0.29) is 28.7 Å². The molecule has 8 nitrogen and oxygen atoms in total. The van der Waals surface area contributed by atoms with Crippen molar-refractivity contribution < 1.29 is 14.2 Å². The minimum Gasteiger partial charge on any atom is -0.337 e. The standard InChI is InChI=1S/C13H13ClN4O4/c1-3-11-15-12(22-16-11)7-17(2)13(19)8-4-5-10(18(20)21)9(14)6-8/h4-6H,3,7H2,1-2H3. The number of carbonyl (C=O) groups is 1. The van der Waals surface area contributed by atoms with E-state index in [1.807, 2.05) is 6.92 Å². The summed E-state index contributed by atoms with van der Waals surface area (Å²) in [5, 5.41) is 14.4. The molecule has 0 aliphatic rings. The summed E-state index contributed by atoms with van der Waals surface area (Å²) in [7, 11) is 1.56. The maximum Gasteiger partial charge on any atom is 0.287 e. The van der Waals surface area contributed by atoms with Crippen LogP contribution in [0.3, 0.4) is 0 Å². The highest BCUT2D eigenvalue weighted by Gasteiger charge is 2.19. The van der Waals surface area contributed by atoms with E-state index < -0.39 is 4.92 Å². The number of carbonyl (C=O) groups excluding carboxylic acids is 1. The molecule has 0 bridgehead atoms. The summed E-state index contributed by atoms with van der Waals surface area (Å²) in [5.41, 5.74) is -0.00121. The van der Waals surface area contributed by atoms with Crippen molar-refractivity contribution in [3.63, 3.8) is 0 Å². The lowest BCUT2D eigenvalue weighted by atomic mass is 10.2. The van der Waals surface area contributed by atoms with Crippen LogP contribution in [0.4, 0.5) is 5.69 Å². The van der Waals surface area contributed by atoms with E-state index in [4.69, 9.17) is 16.1 Å². The number of hydrogen-bond acceptors (Lipinski definition) is 6. The molecule has 0 atom stereocenters. The van der Waals surface area contributed by atoms with Gasteiger partial charge in [-0.3, -0.25) is 14.9 Å². The summed E-state index contributed by atoms with van der Waals surface area (Å²) in [6.45, 7) is 2.03. The summed E-state index contributed by atoms with van der Waals surface area (Å²) in [6, 6.07) is 3.82. The van der Waals surface area contributed by atoms with Gasteiger partial charge in [0.2, 0.25) is 5.89 Å². The predicted molar refractivity (Wildman–Crippen MR) is 77.6 cm³/mol. The first-order valence-electron chi connectivity index (χ1n) is 6.43. The van der Waals surface area contributed by atoms with Crippen LogP contribution in [0, 0.1) is 10.1 Å². The van der Waals surface area contributed by atoms with E-state index in [1.165, 1.54) is 23.1 Å². The fourth-order valence-electron chi connectivity index (χ4n) is 1.78. The zero-order chi connectivity index (χ0) is 16.3. The molecule has 0 aliphatic carbocycles. The van der Waals surface area contributed by atoms with Crippen molar-refractivity contribution in [3.05, 3.63) is 50.6 Å². The topological polar surface area (TPSA) is 102 Å². The van der Waals surface area contributed by atoms with E-state index in [1.54, 1.807) is 7.05 Å². The number of nitrogens with zero attached hydrogens (tertiary/aromatic N) is 4. The predicted octanol–water partition coefficient (Wildman–Crippen LogP) is 2.47. The van der Waals surface area contributed by atoms with E-state index in [2.05, 4.69) is 10.1 Å². The van der Waals surface area contributed by atoms with Crippen LogP contribution in [-0.2, 0) is 13.0 Å². The molecule has 116 valence electrons. The monoisotopic (exact) mass is 324 g/mol. The van der Waals surface area contributed by atoms with Gasteiger partial charge in [-0.25, -0.2) is 0 Å². The number of aromatic nitrogens is 2. The van der Waals surface area contributed by atoms with Crippen LogP contribution >= 0.6 is 11.6 Å². The fraction of sp³-hybridized carbons (Fsp3) is 0.308. The Labute approximate surface area is 130 Å². The number of nitro groups is 1. The Bertz CT molecular complexity index is 716. The minimum atomic E-state index is -0.606. The smallest absolute Gasteiger partial charge is 0.287 e. The molecule has 9 heteroatoms. The summed E-state index contributed by atoms with van der Waals surface area (Å²) in [4.78, 5) is 27.8. The first-order valence-corrected chi connectivity index (χ1v) is 6.81. The molecule has 0 N–H and O–H groups in total. The Morgan fingerprint density at radius 2 is 2.23 bits per heavy atom. The summed E-state index contributed by atoms with van der Waals surface area (Å²) >= 11 is 5.80. The van der Waals surface area contributed by atoms with Crippen LogP contribution in [0.1, 0.15) is 29.0 Å². The maximum absolute atomic E-state index is 12.3. The lowest BCUT2D eigenvalue weighted by Crippen LogP contribution is -2.26. The Morgan fingerprint density at radius 1 is 1.50 bits per heavy atom. The van der Waals surface area contributed by atoms with Crippen LogP contribution < -0.4 is 0 Å². The van der Waals surface area contributed by atoms with Crippen LogP contribution in [0.2, 0.25) is 5.02 Å². The molecule has 0 saturated heterocycles. The summed E-state index contributed by atoms with van der Waals surface area (Å²) in [6.07, 6.45) is 0.638. The number of amides is 1. The van der Waals surface area contributed by atoms with Gasteiger partial charge < -0.3 is 9.42 Å². The van der Waals surface area contributed by atoms with Crippen molar-refractivity contribution in [2.24, 2.45) is 0 Å². The van der Waals surface area contributed by atoms with Crippen LogP contribution in [0.15, 0.2) is 22.7 Å². The largest absolute Gasteiger partial charge is 0.337 e. The minimum absolute atomic E-state index is 0.0877. The zero-order valence-corrected chi connectivity index (χ0v) is 12.7. The zero-order valence-electron chi connectivity index (χ0n) is 11.9. The molecular weight excluding hydrogens is 312 g/mol. The Hall–Kier alpha value is -2.48. The van der Waals surface area contributed by atoms with E-state index in [9.17, 15) is 14.9 Å². The van der Waals surface area contributed by atoms with Gasteiger partial charge in [0.1, 0.15) is 5.02 Å². The first-order chi connectivity index (χ1) is 10.4. The van der Waals surface area contributed by atoms with Gasteiger partial charge in [0, 0.05) is 25.1 Å². The van der Waals surface area contributed by atoms with Gasteiger partial charge in [-0.2, -0.15) is 4.98 Å². The third-order valence-electron chi connectivity index (χ3n) is 2.94. The van der Waals surface area contributed by atoms with Crippen molar-refractivity contribution in [2.45, 2.75) is 19.9 Å². The Morgan fingerprint density at radius 3 is 2.77 bits per heavy atom. The highest BCUT2D eigenvalue weighted by atomic mass is 35.5. The number of benzene rings is 1. The third-order valence-corrected chi connectivity index (χ3v) is 3.24. The number of rotatable bonds is 5. The van der Waals surface area contributed by atoms with Gasteiger partial charge in [-0.15, -0.1) is 0 Å². The number of halogens is 1. The average molecular weight is 325 g/mol. The Balaban J connectivity index is 2.13. The molecule has 22 heavy (non-hydrogen) atoms. The van der Waals surface area contributed by atoms with Gasteiger partial charge in [-0.05, 0) is 12.1 Å². The third kappa shape index (κ3) is 3.40. The molecule has 1 aromatic carbocycles. The van der Waals surface area contributed by atoms with Crippen LogP contribution in [0.25, 0.3) is 0 Å². The normalized spacial score (nSPS) is 10.5. The lowest BCUT2D eigenvalue weighted by molar-refractivity contribution is -0.384. The lowest BCUT2D eigenvalue weighted by Gasteiger charge is -2.14. The highest BCUT2D eigenvalue weighted by molar-refractivity contribution is 6.33. The average Bonchev–Trinajstić information content (AvgIpc) is 2.93. The molecule has 0 radical (unpaired) electrons.